The van der Waals surface area contributed by atoms with E-state index in [1.807, 2.05) is 30.3 Å². The van der Waals surface area contributed by atoms with Crippen molar-refractivity contribution in [1.29, 1.82) is 5.26 Å². The van der Waals surface area contributed by atoms with Crippen LogP contribution in [0.1, 0.15) is 12.0 Å². The Balaban J connectivity index is 1.84. The van der Waals surface area contributed by atoms with Crippen molar-refractivity contribution in [1.82, 2.24) is 4.90 Å². The standard InChI is InChI=1S/C15H16N2O3/c16-7-9-20-15(19)13-10-14(18)17(11-13)8-6-12-4-2-1-3-5-12/h1-5,13H,6,8-11H2/t13-/m1/s1. The van der Waals surface area contributed by atoms with Gasteiger partial charge < -0.3 is 9.64 Å². The number of nitrogens with zero attached hydrogens (tertiary/aromatic N) is 2. The zero-order chi connectivity index (χ0) is 14.4. The fourth-order valence-electron chi connectivity index (χ4n) is 2.28. The lowest BCUT2D eigenvalue weighted by molar-refractivity contribution is -0.146. The molecule has 1 saturated heterocycles. The van der Waals surface area contributed by atoms with Gasteiger partial charge in [0.25, 0.3) is 0 Å². The number of esters is 1. The number of carbonyl (C=O) groups is 2. The Bertz CT molecular complexity index is 522. The van der Waals surface area contributed by atoms with E-state index in [9.17, 15) is 9.59 Å². The maximum absolute atomic E-state index is 11.8. The van der Waals surface area contributed by atoms with Crippen LogP contribution in [0.3, 0.4) is 0 Å². The van der Waals surface area contributed by atoms with Gasteiger partial charge in [-0.05, 0) is 12.0 Å². The lowest BCUT2D eigenvalue weighted by atomic mass is 10.1. The van der Waals surface area contributed by atoms with Crippen molar-refractivity contribution in [2.45, 2.75) is 12.8 Å². The lowest BCUT2D eigenvalue weighted by Crippen LogP contribution is -2.28. The third-order valence-corrected chi connectivity index (χ3v) is 3.34. The summed E-state index contributed by atoms with van der Waals surface area (Å²) in [5.74, 6) is -0.923. The van der Waals surface area contributed by atoms with Gasteiger partial charge in [-0.25, -0.2) is 0 Å². The molecule has 1 atom stereocenters. The average molecular weight is 272 g/mol. The fourth-order valence-corrected chi connectivity index (χ4v) is 2.28. The Labute approximate surface area is 117 Å². The summed E-state index contributed by atoms with van der Waals surface area (Å²) < 4.78 is 4.76. The molecular formula is C15H16N2O3. The second-order valence-electron chi connectivity index (χ2n) is 4.74. The van der Waals surface area contributed by atoms with Crippen LogP contribution in [0.25, 0.3) is 0 Å². The average Bonchev–Trinajstić information content (AvgIpc) is 2.85. The number of ether oxygens (including phenoxy) is 1. The molecule has 1 aliphatic heterocycles. The van der Waals surface area contributed by atoms with Crippen molar-refractivity contribution in [3.05, 3.63) is 35.9 Å². The number of likely N-dealkylation sites (tertiary alicyclic amines) is 1. The molecule has 0 radical (unpaired) electrons. The maximum Gasteiger partial charge on any atom is 0.312 e. The van der Waals surface area contributed by atoms with Gasteiger partial charge in [0, 0.05) is 19.5 Å². The number of hydrogen-bond acceptors (Lipinski definition) is 4. The Morgan fingerprint density at radius 2 is 2.15 bits per heavy atom. The van der Waals surface area contributed by atoms with E-state index in [1.54, 1.807) is 11.0 Å². The largest absolute Gasteiger partial charge is 0.450 e. The molecule has 5 heteroatoms. The van der Waals surface area contributed by atoms with E-state index in [4.69, 9.17) is 10.00 Å². The highest BCUT2D eigenvalue weighted by molar-refractivity contribution is 5.86. The summed E-state index contributed by atoms with van der Waals surface area (Å²) in [4.78, 5) is 25.1. The molecule has 0 unspecified atom stereocenters. The number of benzene rings is 1. The van der Waals surface area contributed by atoms with Crippen LogP contribution in [-0.4, -0.2) is 36.5 Å². The molecule has 1 heterocycles. The Morgan fingerprint density at radius 3 is 2.85 bits per heavy atom. The highest BCUT2D eigenvalue weighted by Crippen LogP contribution is 2.19. The molecule has 20 heavy (non-hydrogen) atoms. The second kappa shape index (κ2) is 6.71. The summed E-state index contributed by atoms with van der Waals surface area (Å²) in [6, 6.07) is 11.6. The van der Waals surface area contributed by atoms with Crippen LogP contribution >= 0.6 is 0 Å². The molecule has 0 saturated carbocycles. The van der Waals surface area contributed by atoms with Crippen molar-refractivity contribution in [2.24, 2.45) is 5.92 Å². The van der Waals surface area contributed by atoms with E-state index < -0.39 is 11.9 Å². The zero-order valence-corrected chi connectivity index (χ0v) is 11.1. The van der Waals surface area contributed by atoms with Gasteiger partial charge in [0.15, 0.2) is 6.61 Å². The quantitative estimate of drug-likeness (QED) is 0.754. The van der Waals surface area contributed by atoms with Crippen LogP contribution in [0.15, 0.2) is 30.3 Å². The summed E-state index contributed by atoms with van der Waals surface area (Å²) in [6.45, 7) is 0.731. The van der Waals surface area contributed by atoms with Crippen molar-refractivity contribution in [2.75, 3.05) is 19.7 Å². The van der Waals surface area contributed by atoms with Gasteiger partial charge in [-0.3, -0.25) is 9.59 Å². The Morgan fingerprint density at radius 1 is 1.40 bits per heavy atom. The maximum atomic E-state index is 11.8. The van der Waals surface area contributed by atoms with Crippen molar-refractivity contribution < 1.29 is 14.3 Å². The monoisotopic (exact) mass is 272 g/mol. The van der Waals surface area contributed by atoms with E-state index in [0.717, 1.165) is 12.0 Å². The van der Waals surface area contributed by atoms with Crippen molar-refractivity contribution in [3.63, 3.8) is 0 Å². The molecule has 0 bridgehead atoms. The smallest absolute Gasteiger partial charge is 0.312 e. The first-order chi connectivity index (χ1) is 9.70. The van der Waals surface area contributed by atoms with Crippen LogP contribution < -0.4 is 0 Å². The number of nitriles is 1. The zero-order valence-electron chi connectivity index (χ0n) is 11.1. The van der Waals surface area contributed by atoms with Gasteiger partial charge in [-0.1, -0.05) is 30.3 Å². The molecule has 2 rings (SSSR count). The molecule has 0 aromatic heterocycles. The van der Waals surface area contributed by atoms with Crippen molar-refractivity contribution >= 4 is 11.9 Å². The summed E-state index contributed by atoms with van der Waals surface area (Å²) in [5, 5.41) is 8.37. The SMILES string of the molecule is N#CCOC(=O)[C@@H]1CC(=O)N(CCc2ccccc2)C1. The number of hydrogen-bond donors (Lipinski definition) is 0. The molecule has 0 spiro atoms. The van der Waals surface area contributed by atoms with Crippen LogP contribution in [0.2, 0.25) is 0 Å². The summed E-state index contributed by atoms with van der Waals surface area (Å²) in [6.07, 6.45) is 0.950. The van der Waals surface area contributed by atoms with Gasteiger partial charge in [0.1, 0.15) is 6.07 Å². The highest BCUT2D eigenvalue weighted by atomic mass is 16.5. The molecule has 104 valence electrons. The molecule has 0 aliphatic carbocycles. The van der Waals surface area contributed by atoms with E-state index in [1.165, 1.54) is 0 Å². The third kappa shape index (κ3) is 3.58. The predicted octanol–water partition coefficient (Wildman–Crippen LogP) is 1.14. The fraction of sp³-hybridized carbons (Fsp3) is 0.400. The van der Waals surface area contributed by atoms with E-state index >= 15 is 0 Å². The van der Waals surface area contributed by atoms with E-state index in [0.29, 0.717) is 13.1 Å². The van der Waals surface area contributed by atoms with Gasteiger partial charge >= 0.3 is 5.97 Å². The van der Waals surface area contributed by atoms with E-state index in [-0.39, 0.29) is 18.9 Å². The van der Waals surface area contributed by atoms with Gasteiger partial charge in [0.05, 0.1) is 5.92 Å². The Hall–Kier alpha value is -2.35. The first kappa shape index (κ1) is 14.1. The highest BCUT2D eigenvalue weighted by Gasteiger charge is 2.34. The summed E-state index contributed by atoms with van der Waals surface area (Å²) in [7, 11) is 0. The minimum atomic E-state index is -0.456. The van der Waals surface area contributed by atoms with Crippen LogP contribution in [0, 0.1) is 17.2 Å². The molecule has 1 aromatic carbocycles. The van der Waals surface area contributed by atoms with Crippen LogP contribution in [0.4, 0.5) is 0 Å². The number of carbonyl (C=O) groups excluding carboxylic acids is 2. The van der Waals surface area contributed by atoms with Crippen molar-refractivity contribution in [3.8, 4) is 6.07 Å². The molecule has 0 N–H and O–H groups in total. The van der Waals surface area contributed by atoms with Gasteiger partial charge in [0.2, 0.25) is 5.91 Å². The topological polar surface area (TPSA) is 70.4 Å². The summed E-state index contributed by atoms with van der Waals surface area (Å²) in [5.41, 5.74) is 1.16. The number of amides is 1. The van der Waals surface area contributed by atoms with Crippen LogP contribution in [-0.2, 0) is 20.7 Å². The molecule has 1 fully saturated rings. The third-order valence-electron chi connectivity index (χ3n) is 3.34. The Kier molecular flexibility index (Phi) is 4.72. The molecule has 5 nitrogen and oxygen atoms in total. The predicted molar refractivity (Wildman–Crippen MR) is 71.4 cm³/mol. The summed E-state index contributed by atoms with van der Waals surface area (Å²) >= 11 is 0. The lowest BCUT2D eigenvalue weighted by Gasteiger charge is -2.16. The molecule has 1 amide bonds. The first-order valence-corrected chi connectivity index (χ1v) is 6.56. The second-order valence-corrected chi connectivity index (χ2v) is 4.74. The van der Waals surface area contributed by atoms with Gasteiger partial charge in [-0.2, -0.15) is 5.26 Å². The molecule has 1 aliphatic rings. The van der Waals surface area contributed by atoms with Crippen LogP contribution in [0.5, 0.6) is 0 Å². The van der Waals surface area contributed by atoms with Gasteiger partial charge in [-0.15, -0.1) is 0 Å². The first-order valence-electron chi connectivity index (χ1n) is 6.56. The minimum absolute atomic E-state index is 0.0279. The molecular weight excluding hydrogens is 256 g/mol. The van der Waals surface area contributed by atoms with E-state index in [2.05, 4.69) is 0 Å². The molecule has 1 aromatic rings. The minimum Gasteiger partial charge on any atom is -0.450 e. The number of rotatable bonds is 5. The normalized spacial score (nSPS) is 17.9.